The Hall–Kier alpha value is -7.40. The van der Waals surface area contributed by atoms with Gasteiger partial charge in [-0.25, -0.2) is 20.0 Å². The summed E-state index contributed by atoms with van der Waals surface area (Å²) in [4.78, 5) is 22.3. The van der Waals surface area contributed by atoms with E-state index in [-0.39, 0.29) is 0 Å². The average molecular weight is 1190 g/mol. The van der Waals surface area contributed by atoms with Crippen molar-refractivity contribution in [1.29, 1.82) is 0 Å². The number of fused-ring (bicyclic) bond motifs is 4. The first-order chi connectivity index (χ1) is 42.8. The second-order valence-electron chi connectivity index (χ2n) is 26.2. The predicted octanol–water partition coefficient (Wildman–Crippen LogP) is 18.5. The normalized spacial score (nSPS) is 15.5. The van der Waals surface area contributed by atoms with Crippen LogP contribution in [0.3, 0.4) is 0 Å². The van der Waals surface area contributed by atoms with Gasteiger partial charge in [-0.2, -0.15) is 0 Å². The van der Waals surface area contributed by atoms with E-state index in [0.717, 1.165) is 161 Å². The minimum Gasteiger partial charge on any atom is -0.494 e. The van der Waals surface area contributed by atoms with Crippen molar-refractivity contribution in [1.82, 2.24) is 0 Å². The third kappa shape index (κ3) is 19.3. The molecule has 0 aliphatic carbocycles. The molecule has 5 aliphatic heterocycles. The van der Waals surface area contributed by atoms with E-state index in [0.29, 0.717) is 26.4 Å². The topological polar surface area (TPSA) is 86.4 Å². The molecule has 9 rings (SSSR count). The first-order valence-corrected chi connectivity index (χ1v) is 33.4. The van der Waals surface area contributed by atoms with Crippen LogP contribution in [-0.4, -0.2) is 114 Å². The van der Waals surface area contributed by atoms with Crippen molar-refractivity contribution in [3.8, 4) is 23.0 Å². The summed E-state index contributed by atoms with van der Waals surface area (Å²) in [5.41, 5.74) is 14.1. The Balaban J connectivity index is 1.09. The Morgan fingerprint density at radius 2 is 0.477 bits per heavy atom. The molecule has 88 heavy (non-hydrogen) atoms. The number of hydrogen-bond acceptors (Lipinski definition) is 8. The molecule has 10 heteroatoms. The van der Waals surface area contributed by atoms with E-state index < -0.39 is 0 Å². The first-order valence-electron chi connectivity index (χ1n) is 33.4. The smallest absolute Gasteiger partial charge is 0.119 e. The fourth-order valence-electron chi connectivity index (χ4n) is 11.8. The van der Waals surface area contributed by atoms with Crippen LogP contribution in [0.2, 0.25) is 0 Å². The second kappa shape index (κ2) is 32.7. The van der Waals surface area contributed by atoms with Crippen LogP contribution >= 0.6 is 0 Å². The Kier molecular flexibility index (Phi) is 24.2. The molecular formula is C78H100N6O4+2. The van der Waals surface area contributed by atoms with Crippen molar-refractivity contribution in [2.24, 2.45) is 20.0 Å². The molecule has 0 aromatic heterocycles. The van der Waals surface area contributed by atoms with Crippen LogP contribution in [0.5, 0.6) is 23.0 Å². The lowest BCUT2D eigenvalue weighted by Crippen LogP contribution is -2.36. The van der Waals surface area contributed by atoms with E-state index in [2.05, 4.69) is 202 Å². The van der Waals surface area contributed by atoms with Gasteiger partial charge in [0, 0.05) is 35.1 Å². The van der Waals surface area contributed by atoms with Gasteiger partial charge in [-0.15, -0.1) is 0 Å². The maximum absolute atomic E-state index is 6.37. The SMILES string of the molecule is CCCCCCCCCCCOc1ccc(C2=C3C=CC(=N3)C(c3ccc(OCCC[N+](C)(C)C)cc3)=C3C=CC(=N3)C(c3ccc(OCCC[N+](C)(C)C)cc3)=C3C=CC(=N3)C(c3ccc(OCCCCCCCCCCC)cc3)=C3C=CC2=N3)cc1. The van der Waals surface area contributed by atoms with Crippen LogP contribution in [0.1, 0.15) is 165 Å². The summed E-state index contributed by atoms with van der Waals surface area (Å²) >= 11 is 0. The van der Waals surface area contributed by atoms with Gasteiger partial charge in [0.05, 0.1) is 127 Å². The zero-order chi connectivity index (χ0) is 61.6. The van der Waals surface area contributed by atoms with Crippen molar-refractivity contribution in [3.63, 3.8) is 0 Å². The van der Waals surface area contributed by atoms with Crippen LogP contribution in [0.15, 0.2) is 188 Å². The number of quaternary nitrogens is 2. The van der Waals surface area contributed by atoms with E-state index >= 15 is 0 Å². The lowest BCUT2D eigenvalue weighted by Gasteiger charge is -2.23. The van der Waals surface area contributed by atoms with Crippen molar-refractivity contribution < 1.29 is 27.9 Å². The van der Waals surface area contributed by atoms with Crippen molar-refractivity contribution >= 4 is 45.1 Å². The van der Waals surface area contributed by atoms with Gasteiger partial charge < -0.3 is 27.9 Å². The Labute approximate surface area is 528 Å². The molecule has 10 nitrogen and oxygen atoms in total. The minimum atomic E-state index is 0.648. The molecule has 0 spiro atoms. The van der Waals surface area contributed by atoms with Gasteiger partial charge in [-0.05, 0) is 132 Å². The van der Waals surface area contributed by atoms with Crippen molar-refractivity contribution in [2.45, 2.75) is 142 Å². The molecule has 5 aliphatic rings. The van der Waals surface area contributed by atoms with E-state index in [1.807, 2.05) is 0 Å². The zero-order valence-corrected chi connectivity index (χ0v) is 54.6. The van der Waals surface area contributed by atoms with Crippen molar-refractivity contribution in [2.75, 3.05) is 81.8 Å². The van der Waals surface area contributed by atoms with Crippen LogP contribution < -0.4 is 18.9 Å². The molecule has 4 aromatic carbocycles. The average Bonchev–Trinajstić information content (AvgIpc) is 1.84. The summed E-state index contributed by atoms with van der Waals surface area (Å²) in [6.07, 6.45) is 42.0. The van der Waals surface area contributed by atoms with E-state index in [1.54, 1.807) is 0 Å². The zero-order valence-electron chi connectivity index (χ0n) is 54.6. The first kappa shape index (κ1) is 65.1. The van der Waals surface area contributed by atoms with Gasteiger partial charge in [-0.3, -0.25) is 0 Å². The van der Waals surface area contributed by atoms with Crippen molar-refractivity contribution in [3.05, 3.63) is 191 Å². The molecule has 0 amide bonds. The maximum Gasteiger partial charge on any atom is 0.119 e. The molecule has 0 saturated carbocycles. The maximum atomic E-state index is 6.37. The summed E-state index contributed by atoms with van der Waals surface area (Å²) in [6.45, 7) is 9.32. The standard InChI is InChI=1S/C78H100N6O4/c1-9-11-13-15-17-19-21-23-25-55-85-63-37-29-59(30-38-63)75-67-45-46-68(79-67)76(60-31-39-64(40-32-60)86-56-26-24-22-20-18-16-14-12-10-2)70-48-50-72(81-70)78(62-35-43-66(44-36-62)88-58-28-54-84(6,7)8)74-52-51-73(82-74)77(71-49-47-69(75)80-71)61-33-41-65(42-34-61)87-57-27-53-83(3,4)5/h29-52H,9-28,53-58H2,1-8H3/q+2. The number of nitrogens with zero attached hydrogens (tertiary/aromatic N) is 6. The Morgan fingerprint density at radius 1 is 0.261 bits per heavy atom. The third-order valence-corrected chi connectivity index (χ3v) is 16.7. The highest BCUT2D eigenvalue weighted by Crippen LogP contribution is 2.40. The molecule has 0 saturated heterocycles. The molecule has 8 bridgehead atoms. The largest absolute Gasteiger partial charge is 0.494 e. The van der Waals surface area contributed by atoms with Gasteiger partial charge in [0.1, 0.15) is 23.0 Å². The number of allylic oxidation sites excluding steroid dienone is 12. The van der Waals surface area contributed by atoms with Gasteiger partial charge >= 0.3 is 0 Å². The molecule has 0 fully saturated rings. The second-order valence-corrected chi connectivity index (χ2v) is 26.2. The molecule has 464 valence electrons. The molecule has 0 atom stereocenters. The summed E-state index contributed by atoms with van der Waals surface area (Å²) in [5, 5.41) is 0. The van der Waals surface area contributed by atoms with E-state index in [9.17, 15) is 0 Å². The summed E-state index contributed by atoms with van der Waals surface area (Å²) in [5.74, 6) is 3.39. The highest BCUT2D eigenvalue weighted by Gasteiger charge is 2.28. The highest BCUT2D eigenvalue weighted by molar-refractivity contribution is 6.39. The number of aliphatic imine (C=N–C) groups is 4. The quantitative estimate of drug-likeness (QED) is 0.0335. The van der Waals surface area contributed by atoms with Crippen LogP contribution in [-0.2, 0) is 0 Å². The summed E-state index contributed by atoms with van der Waals surface area (Å²) in [7, 11) is 13.3. The van der Waals surface area contributed by atoms with Gasteiger partial charge in [-0.1, -0.05) is 165 Å². The van der Waals surface area contributed by atoms with Gasteiger partial charge in [0.2, 0.25) is 0 Å². The molecular weight excluding hydrogens is 1080 g/mol. The minimum absolute atomic E-state index is 0.648. The fraction of sp³-hybridized carbons (Fsp3) is 0.436. The molecule has 0 N–H and O–H groups in total. The Morgan fingerprint density at radius 3 is 0.705 bits per heavy atom. The Bertz CT molecular complexity index is 3220. The summed E-state index contributed by atoms with van der Waals surface area (Å²) < 4.78 is 27.2. The molecule has 0 radical (unpaired) electrons. The monoisotopic (exact) mass is 1180 g/mol. The molecule has 0 unspecified atom stereocenters. The number of ether oxygens (including phenoxy) is 4. The number of unbranched alkanes of at least 4 members (excludes halogenated alkanes) is 16. The third-order valence-electron chi connectivity index (χ3n) is 16.7. The van der Waals surface area contributed by atoms with Crippen LogP contribution in [0.4, 0.5) is 0 Å². The van der Waals surface area contributed by atoms with E-state index in [4.69, 9.17) is 38.9 Å². The number of rotatable bonds is 36. The molecule has 5 heterocycles. The van der Waals surface area contributed by atoms with Crippen LogP contribution in [0.25, 0.3) is 22.3 Å². The number of hydrogen-bond donors (Lipinski definition) is 0. The fourth-order valence-corrected chi connectivity index (χ4v) is 11.8. The highest BCUT2D eigenvalue weighted by atomic mass is 16.5. The molecule has 4 aromatic rings. The lowest BCUT2D eigenvalue weighted by molar-refractivity contribution is -0.870. The van der Waals surface area contributed by atoms with Crippen LogP contribution in [0, 0.1) is 0 Å². The van der Waals surface area contributed by atoms with Gasteiger partial charge in [0.15, 0.2) is 0 Å². The van der Waals surface area contributed by atoms with Gasteiger partial charge in [0.25, 0.3) is 0 Å². The van der Waals surface area contributed by atoms with E-state index in [1.165, 1.54) is 103 Å². The predicted molar refractivity (Wildman–Crippen MR) is 371 cm³/mol. The summed E-state index contributed by atoms with van der Waals surface area (Å²) in [6, 6.07) is 33.8. The lowest BCUT2D eigenvalue weighted by atomic mass is 9.98. The number of benzene rings is 4.